The molecular formula is C11H20N2O. The van der Waals surface area contributed by atoms with E-state index in [1.165, 1.54) is 12.8 Å². The Morgan fingerprint density at radius 1 is 1.50 bits per heavy atom. The van der Waals surface area contributed by atoms with Crippen molar-refractivity contribution in [2.24, 2.45) is 5.92 Å². The molecule has 0 saturated carbocycles. The van der Waals surface area contributed by atoms with Gasteiger partial charge in [0.05, 0.1) is 0 Å². The fraction of sp³-hybridized carbons (Fsp3) is 0.909. The summed E-state index contributed by atoms with van der Waals surface area (Å²) in [7, 11) is 0. The zero-order valence-corrected chi connectivity index (χ0v) is 8.96. The molecule has 2 rings (SSSR count). The number of amides is 1. The number of carbonyl (C=O) groups is 1. The fourth-order valence-electron chi connectivity index (χ4n) is 2.63. The molecule has 2 aliphatic rings. The third-order valence-electron chi connectivity index (χ3n) is 3.49. The van der Waals surface area contributed by atoms with E-state index in [4.69, 9.17) is 0 Å². The van der Waals surface area contributed by atoms with Gasteiger partial charge in [-0.15, -0.1) is 0 Å². The summed E-state index contributed by atoms with van der Waals surface area (Å²) >= 11 is 0. The smallest absolute Gasteiger partial charge is 0.222 e. The monoisotopic (exact) mass is 196 g/mol. The first-order chi connectivity index (χ1) is 6.81. The van der Waals surface area contributed by atoms with Crippen LogP contribution >= 0.6 is 0 Å². The molecule has 2 aliphatic heterocycles. The molecule has 2 fully saturated rings. The van der Waals surface area contributed by atoms with Crippen LogP contribution in [0.4, 0.5) is 0 Å². The van der Waals surface area contributed by atoms with Crippen molar-refractivity contribution in [1.29, 1.82) is 0 Å². The third kappa shape index (κ3) is 1.92. The molecule has 2 heterocycles. The minimum Gasteiger partial charge on any atom is -0.341 e. The summed E-state index contributed by atoms with van der Waals surface area (Å²) in [5.74, 6) is 1.18. The molecule has 0 spiro atoms. The number of piperidine rings is 1. The standard InChI is InChI=1S/C11H20N2O/c1-2-3-11(14)13-7-5-9-4-6-12-10(9)8-13/h9-10,12H,2-8H2,1H3/t9-,10+/m1/s1. The van der Waals surface area contributed by atoms with Crippen LogP contribution < -0.4 is 5.32 Å². The molecule has 0 radical (unpaired) electrons. The van der Waals surface area contributed by atoms with Gasteiger partial charge in [-0.1, -0.05) is 6.92 Å². The molecule has 0 aliphatic carbocycles. The van der Waals surface area contributed by atoms with Crippen molar-refractivity contribution in [3.8, 4) is 0 Å². The van der Waals surface area contributed by atoms with Gasteiger partial charge in [-0.05, 0) is 31.7 Å². The van der Waals surface area contributed by atoms with Crippen LogP contribution in [0.1, 0.15) is 32.6 Å². The van der Waals surface area contributed by atoms with Gasteiger partial charge in [0.1, 0.15) is 0 Å². The second-order valence-corrected chi connectivity index (χ2v) is 4.49. The summed E-state index contributed by atoms with van der Waals surface area (Å²) in [4.78, 5) is 13.7. The zero-order chi connectivity index (χ0) is 9.97. The largest absolute Gasteiger partial charge is 0.341 e. The summed E-state index contributed by atoms with van der Waals surface area (Å²) in [6.45, 7) is 5.15. The lowest BCUT2D eigenvalue weighted by Crippen LogP contribution is -2.48. The van der Waals surface area contributed by atoms with Gasteiger partial charge >= 0.3 is 0 Å². The number of likely N-dealkylation sites (tertiary alicyclic amines) is 1. The van der Waals surface area contributed by atoms with E-state index in [1.807, 2.05) is 4.90 Å². The highest BCUT2D eigenvalue weighted by Gasteiger charge is 2.33. The highest BCUT2D eigenvalue weighted by atomic mass is 16.2. The van der Waals surface area contributed by atoms with Crippen molar-refractivity contribution in [3.63, 3.8) is 0 Å². The van der Waals surface area contributed by atoms with Crippen LogP contribution in [0.3, 0.4) is 0 Å². The number of carbonyl (C=O) groups excluding carboxylic acids is 1. The van der Waals surface area contributed by atoms with Gasteiger partial charge in [0, 0.05) is 25.6 Å². The normalized spacial score (nSPS) is 31.6. The van der Waals surface area contributed by atoms with Gasteiger partial charge in [0.2, 0.25) is 5.91 Å². The molecule has 0 aromatic carbocycles. The van der Waals surface area contributed by atoms with Gasteiger partial charge in [-0.3, -0.25) is 4.79 Å². The molecule has 0 unspecified atom stereocenters. The Balaban J connectivity index is 1.87. The third-order valence-corrected chi connectivity index (χ3v) is 3.49. The van der Waals surface area contributed by atoms with Crippen LogP contribution in [0.2, 0.25) is 0 Å². The summed E-state index contributed by atoms with van der Waals surface area (Å²) in [5, 5.41) is 3.49. The van der Waals surface area contributed by atoms with E-state index in [1.54, 1.807) is 0 Å². The first-order valence-electron chi connectivity index (χ1n) is 5.82. The predicted molar refractivity (Wildman–Crippen MR) is 56.0 cm³/mol. The molecule has 0 bridgehead atoms. The van der Waals surface area contributed by atoms with Crippen molar-refractivity contribution in [2.45, 2.75) is 38.6 Å². The number of rotatable bonds is 2. The van der Waals surface area contributed by atoms with Crippen molar-refractivity contribution < 1.29 is 4.79 Å². The van der Waals surface area contributed by atoms with Crippen LogP contribution in [-0.2, 0) is 4.79 Å². The van der Waals surface area contributed by atoms with Crippen LogP contribution in [0.15, 0.2) is 0 Å². The van der Waals surface area contributed by atoms with Crippen LogP contribution in [-0.4, -0.2) is 36.5 Å². The van der Waals surface area contributed by atoms with Gasteiger partial charge in [0.25, 0.3) is 0 Å². The number of fused-ring (bicyclic) bond motifs is 1. The maximum absolute atomic E-state index is 11.7. The molecule has 2 saturated heterocycles. The SMILES string of the molecule is CCCC(=O)N1CC[C@H]2CCN[C@H]2C1. The first-order valence-corrected chi connectivity index (χ1v) is 5.82. The highest BCUT2D eigenvalue weighted by Crippen LogP contribution is 2.25. The summed E-state index contributed by atoms with van der Waals surface area (Å²) < 4.78 is 0. The Kier molecular flexibility index (Phi) is 3.06. The molecular weight excluding hydrogens is 176 g/mol. The number of hydrogen-bond donors (Lipinski definition) is 1. The molecule has 0 aromatic heterocycles. The Hall–Kier alpha value is -0.570. The summed E-state index contributed by atoms with van der Waals surface area (Å²) in [6.07, 6.45) is 4.20. The second kappa shape index (κ2) is 4.30. The van der Waals surface area contributed by atoms with Gasteiger partial charge in [0.15, 0.2) is 0 Å². The van der Waals surface area contributed by atoms with E-state index >= 15 is 0 Å². The molecule has 3 heteroatoms. The second-order valence-electron chi connectivity index (χ2n) is 4.49. The van der Waals surface area contributed by atoms with E-state index in [-0.39, 0.29) is 0 Å². The molecule has 3 nitrogen and oxygen atoms in total. The molecule has 14 heavy (non-hydrogen) atoms. The quantitative estimate of drug-likeness (QED) is 0.714. The average molecular weight is 196 g/mol. The lowest BCUT2D eigenvalue weighted by molar-refractivity contribution is -0.132. The zero-order valence-electron chi connectivity index (χ0n) is 8.96. The number of nitrogens with one attached hydrogen (secondary N) is 1. The number of hydrogen-bond acceptors (Lipinski definition) is 2. The molecule has 2 atom stereocenters. The van der Waals surface area contributed by atoms with E-state index < -0.39 is 0 Å². The Bertz CT molecular complexity index is 217. The lowest BCUT2D eigenvalue weighted by atomic mass is 9.92. The van der Waals surface area contributed by atoms with Crippen LogP contribution in [0, 0.1) is 5.92 Å². The first kappa shape index (κ1) is 9.97. The van der Waals surface area contributed by atoms with Crippen molar-refractivity contribution >= 4 is 5.91 Å². The highest BCUT2D eigenvalue weighted by molar-refractivity contribution is 5.76. The minimum atomic E-state index is 0.347. The van der Waals surface area contributed by atoms with Crippen LogP contribution in [0.25, 0.3) is 0 Å². The van der Waals surface area contributed by atoms with Gasteiger partial charge in [-0.2, -0.15) is 0 Å². The predicted octanol–water partition coefficient (Wildman–Crippen LogP) is 0.997. The van der Waals surface area contributed by atoms with Crippen molar-refractivity contribution in [2.75, 3.05) is 19.6 Å². The maximum atomic E-state index is 11.7. The molecule has 80 valence electrons. The minimum absolute atomic E-state index is 0.347. The Morgan fingerprint density at radius 3 is 3.14 bits per heavy atom. The molecule has 1 N–H and O–H groups in total. The average Bonchev–Trinajstić information content (AvgIpc) is 2.64. The Morgan fingerprint density at radius 2 is 2.36 bits per heavy atom. The topological polar surface area (TPSA) is 32.3 Å². The van der Waals surface area contributed by atoms with Crippen molar-refractivity contribution in [1.82, 2.24) is 10.2 Å². The molecule has 1 amide bonds. The fourth-order valence-corrected chi connectivity index (χ4v) is 2.63. The van der Waals surface area contributed by atoms with Crippen molar-refractivity contribution in [3.05, 3.63) is 0 Å². The lowest BCUT2D eigenvalue weighted by Gasteiger charge is -2.34. The van der Waals surface area contributed by atoms with E-state index in [0.717, 1.165) is 38.4 Å². The van der Waals surface area contributed by atoms with Gasteiger partial charge < -0.3 is 10.2 Å². The van der Waals surface area contributed by atoms with E-state index in [0.29, 0.717) is 11.9 Å². The van der Waals surface area contributed by atoms with Gasteiger partial charge in [-0.25, -0.2) is 0 Å². The Labute approximate surface area is 85.8 Å². The number of nitrogens with zero attached hydrogens (tertiary/aromatic N) is 1. The summed E-state index contributed by atoms with van der Waals surface area (Å²) in [5.41, 5.74) is 0. The molecule has 0 aromatic rings. The summed E-state index contributed by atoms with van der Waals surface area (Å²) in [6, 6.07) is 0.588. The van der Waals surface area contributed by atoms with E-state index in [2.05, 4.69) is 12.2 Å². The van der Waals surface area contributed by atoms with Crippen LogP contribution in [0.5, 0.6) is 0 Å². The maximum Gasteiger partial charge on any atom is 0.222 e. The van der Waals surface area contributed by atoms with E-state index in [9.17, 15) is 4.79 Å².